The van der Waals surface area contributed by atoms with Crippen molar-refractivity contribution >= 4 is 22.8 Å². The average Bonchev–Trinajstić information content (AvgIpc) is 2.86. The number of amides is 1. The molecule has 0 bridgehead atoms. The van der Waals surface area contributed by atoms with E-state index in [-0.39, 0.29) is 5.91 Å². The molecule has 0 radical (unpaired) electrons. The second-order valence-corrected chi connectivity index (χ2v) is 6.73. The van der Waals surface area contributed by atoms with Gasteiger partial charge in [-0.1, -0.05) is 18.2 Å². The van der Waals surface area contributed by atoms with Gasteiger partial charge in [-0.25, -0.2) is 9.97 Å². The van der Waals surface area contributed by atoms with E-state index in [4.69, 9.17) is 0 Å². The van der Waals surface area contributed by atoms with Crippen LogP contribution in [0.25, 0.3) is 10.9 Å². The lowest BCUT2D eigenvalue weighted by molar-refractivity contribution is -0.130. The number of carbonyl (C=O) groups is 1. The predicted molar refractivity (Wildman–Crippen MR) is 102 cm³/mol. The van der Waals surface area contributed by atoms with E-state index in [0.29, 0.717) is 13.0 Å². The van der Waals surface area contributed by atoms with E-state index < -0.39 is 0 Å². The summed E-state index contributed by atoms with van der Waals surface area (Å²) in [6.07, 6.45) is 6.97. The van der Waals surface area contributed by atoms with Crippen LogP contribution < -0.4 is 4.90 Å². The highest BCUT2D eigenvalue weighted by Gasteiger charge is 2.21. The topological polar surface area (TPSA) is 54.3 Å². The monoisotopic (exact) mass is 349 g/mol. The Hall–Kier alpha value is -2.89. The molecule has 6 nitrogen and oxygen atoms in total. The molecule has 0 N–H and O–H groups in total. The Kier molecular flexibility index (Phi) is 4.56. The highest BCUT2D eigenvalue weighted by Crippen LogP contribution is 2.21. The van der Waals surface area contributed by atoms with Gasteiger partial charge in [0.05, 0.1) is 6.42 Å². The average molecular weight is 349 g/mol. The first-order chi connectivity index (χ1) is 12.7. The number of fused-ring (bicyclic) bond motifs is 1. The molecule has 26 heavy (non-hydrogen) atoms. The van der Waals surface area contributed by atoms with Gasteiger partial charge >= 0.3 is 0 Å². The lowest BCUT2D eigenvalue weighted by Crippen LogP contribution is -2.36. The first-order valence-corrected chi connectivity index (χ1v) is 9.05. The summed E-state index contributed by atoms with van der Waals surface area (Å²) in [7, 11) is 2.03. The molecular formula is C20H23N5O. The van der Waals surface area contributed by atoms with Crippen molar-refractivity contribution in [2.24, 2.45) is 7.05 Å². The van der Waals surface area contributed by atoms with Crippen molar-refractivity contribution in [1.29, 1.82) is 0 Å². The number of para-hydroxylation sites is 1. The predicted octanol–water partition coefficient (Wildman–Crippen LogP) is 2.25. The van der Waals surface area contributed by atoms with Gasteiger partial charge < -0.3 is 14.4 Å². The molecule has 4 rings (SSSR count). The molecule has 1 aromatic carbocycles. The Morgan fingerprint density at radius 1 is 1.04 bits per heavy atom. The van der Waals surface area contributed by atoms with E-state index in [1.165, 1.54) is 5.52 Å². The third-order valence-corrected chi connectivity index (χ3v) is 5.00. The fraction of sp³-hybridized carbons (Fsp3) is 0.350. The number of carbonyl (C=O) groups excluding carboxylic acids is 1. The summed E-state index contributed by atoms with van der Waals surface area (Å²) in [6, 6.07) is 10.1. The van der Waals surface area contributed by atoms with Crippen LogP contribution in [0.15, 0.2) is 48.9 Å². The van der Waals surface area contributed by atoms with Crippen LogP contribution in [0.1, 0.15) is 12.0 Å². The lowest BCUT2D eigenvalue weighted by Gasteiger charge is -2.22. The molecular weight excluding hydrogens is 326 g/mol. The van der Waals surface area contributed by atoms with Crippen LogP contribution in [0.4, 0.5) is 5.95 Å². The summed E-state index contributed by atoms with van der Waals surface area (Å²) in [5.41, 5.74) is 2.26. The van der Waals surface area contributed by atoms with Crippen molar-refractivity contribution < 1.29 is 4.79 Å². The Labute approximate surface area is 153 Å². The third-order valence-electron chi connectivity index (χ3n) is 5.00. The van der Waals surface area contributed by atoms with E-state index in [1.807, 2.05) is 30.1 Å². The minimum atomic E-state index is 0.192. The summed E-state index contributed by atoms with van der Waals surface area (Å²) in [5.74, 6) is 0.938. The van der Waals surface area contributed by atoms with Crippen molar-refractivity contribution in [3.05, 3.63) is 54.5 Å². The van der Waals surface area contributed by atoms with E-state index in [1.54, 1.807) is 12.4 Å². The van der Waals surface area contributed by atoms with Gasteiger partial charge in [0.25, 0.3) is 0 Å². The number of benzene rings is 1. The van der Waals surface area contributed by atoms with Crippen LogP contribution in [0.5, 0.6) is 0 Å². The van der Waals surface area contributed by atoms with Crippen LogP contribution >= 0.6 is 0 Å². The van der Waals surface area contributed by atoms with Gasteiger partial charge in [0, 0.05) is 62.7 Å². The second-order valence-electron chi connectivity index (χ2n) is 6.73. The van der Waals surface area contributed by atoms with E-state index in [2.05, 4.69) is 37.8 Å². The largest absolute Gasteiger partial charge is 0.350 e. The molecule has 0 spiro atoms. The number of aryl methyl sites for hydroxylation is 1. The van der Waals surface area contributed by atoms with Gasteiger partial charge in [0.2, 0.25) is 11.9 Å². The third kappa shape index (κ3) is 3.27. The van der Waals surface area contributed by atoms with Crippen molar-refractivity contribution in [2.75, 3.05) is 31.1 Å². The van der Waals surface area contributed by atoms with Crippen molar-refractivity contribution in [2.45, 2.75) is 12.8 Å². The zero-order chi connectivity index (χ0) is 17.9. The van der Waals surface area contributed by atoms with E-state index >= 15 is 0 Å². The summed E-state index contributed by atoms with van der Waals surface area (Å²) < 4.78 is 2.09. The number of nitrogens with zero attached hydrogens (tertiary/aromatic N) is 5. The molecule has 0 atom stereocenters. The van der Waals surface area contributed by atoms with Gasteiger partial charge in [0.15, 0.2) is 0 Å². The number of rotatable bonds is 3. The fourth-order valence-electron chi connectivity index (χ4n) is 3.66. The van der Waals surface area contributed by atoms with Crippen LogP contribution in [0.2, 0.25) is 0 Å². The number of anilines is 1. The zero-order valence-electron chi connectivity index (χ0n) is 15.0. The van der Waals surface area contributed by atoms with E-state index in [9.17, 15) is 4.79 Å². The van der Waals surface area contributed by atoms with Crippen LogP contribution in [-0.2, 0) is 18.3 Å². The molecule has 134 valence electrons. The Bertz CT molecular complexity index is 905. The summed E-state index contributed by atoms with van der Waals surface area (Å²) >= 11 is 0. The molecule has 0 unspecified atom stereocenters. The molecule has 1 aliphatic heterocycles. The molecule has 3 heterocycles. The van der Waals surface area contributed by atoms with Gasteiger partial charge in [-0.15, -0.1) is 0 Å². The van der Waals surface area contributed by atoms with Gasteiger partial charge in [0.1, 0.15) is 0 Å². The maximum atomic E-state index is 12.9. The van der Waals surface area contributed by atoms with E-state index in [0.717, 1.165) is 43.0 Å². The quantitative estimate of drug-likeness (QED) is 0.728. The van der Waals surface area contributed by atoms with Gasteiger partial charge in [-0.2, -0.15) is 0 Å². The number of hydrogen-bond donors (Lipinski definition) is 0. The Morgan fingerprint density at radius 2 is 1.85 bits per heavy atom. The maximum absolute atomic E-state index is 12.9. The zero-order valence-corrected chi connectivity index (χ0v) is 15.0. The maximum Gasteiger partial charge on any atom is 0.227 e. The summed E-state index contributed by atoms with van der Waals surface area (Å²) in [4.78, 5) is 25.7. The highest BCUT2D eigenvalue weighted by molar-refractivity contribution is 5.89. The molecule has 6 heteroatoms. The summed E-state index contributed by atoms with van der Waals surface area (Å²) in [6.45, 7) is 3.14. The molecule has 0 saturated carbocycles. The SMILES string of the molecule is Cn1cc(CC(=O)N2CCCN(c3ncccn3)CC2)c2ccccc21. The fourth-order valence-corrected chi connectivity index (χ4v) is 3.66. The number of hydrogen-bond acceptors (Lipinski definition) is 4. The molecule has 3 aromatic rings. The molecule has 1 fully saturated rings. The molecule has 1 aliphatic rings. The van der Waals surface area contributed by atoms with Crippen LogP contribution in [-0.4, -0.2) is 51.5 Å². The van der Waals surface area contributed by atoms with Gasteiger partial charge in [-0.05, 0) is 24.1 Å². The molecule has 2 aromatic heterocycles. The standard InChI is InChI=1S/C20H23N5O/c1-23-15-16(17-6-2-3-7-18(17)23)14-19(26)24-10-5-11-25(13-12-24)20-21-8-4-9-22-20/h2-4,6-9,15H,5,10-14H2,1H3. The van der Waals surface area contributed by atoms with Crippen molar-refractivity contribution in [3.8, 4) is 0 Å². The minimum absolute atomic E-state index is 0.192. The first kappa shape index (κ1) is 16.6. The second kappa shape index (κ2) is 7.15. The Morgan fingerprint density at radius 3 is 2.69 bits per heavy atom. The molecule has 1 amide bonds. The van der Waals surface area contributed by atoms with Crippen molar-refractivity contribution in [1.82, 2.24) is 19.4 Å². The summed E-state index contributed by atoms with van der Waals surface area (Å²) in [5, 5.41) is 1.16. The highest BCUT2D eigenvalue weighted by atomic mass is 16.2. The Balaban J connectivity index is 1.45. The molecule has 1 saturated heterocycles. The van der Waals surface area contributed by atoms with Crippen LogP contribution in [0, 0.1) is 0 Å². The van der Waals surface area contributed by atoms with Gasteiger partial charge in [-0.3, -0.25) is 4.79 Å². The first-order valence-electron chi connectivity index (χ1n) is 9.05. The smallest absolute Gasteiger partial charge is 0.227 e. The molecule has 0 aliphatic carbocycles. The minimum Gasteiger partial charge on any atom is -0.350 e. The number of aromatic nitrogens is 3. The normalized spacial score (nSPS) is 15.3. The van der Waals surface area contributed by atoms with Crippen LogP contribution in [0.3, 0.4) is 0 Å². The lowest BCUT2D eigenvalue weighted by atomic mass is 10.1. The van der Waals surface area contributed by atoms with Crippen molar-refractivity contribution in [3.63, 3.8) is 0 Å².